The maximum absolute atomic E-state index is 13.2. The van der Waals surface area contributed by atoms with E-state index in [9.17, 15) is 4.79 Å². The Morgan fingerprint density at radius 2 is 1.39 bits per heavy atom. The zero-order valence-corrected chi connectivity index (χ0v) is 14.9. The second-order valence-electron chi connectivity index (χ2n) is 6.96. The van der Waals surface area contributed by atoms with Gasteiger partial charge in [-0.15, -0.1) is 0 Å². The number of carbonyl (C=O) groups is 1. The van der Waals surface area contributed by atoms with Gasteiger partial charge in [0.2, 0.25) is 0 Å². The Bertz CT molecular complexity index is 807. The Labute approximate surface area is 143 Å². The van der Waals surface area contributed by atoms with Gasteiger partial charge in [0.1, 0.15) is 0 Å². The third-order valence-electron chi connectivity index (χ3n) is 5.72. The summed E-state index contributed by atoms with van der Waals surface area (Å²) in [5.41, 5.74) is 8.92. The molecule has 1 unspecified atom stereocenters. The predicted molar refractivity (Wildman–Crippen MR) is 94.1 cm³/mol. The average molecular weight is 367 g/mol. The summed E-state index contributed by atoms with van der Waals surface area (Å²) in [6.07, 6.45) is 8.38. The van der Waals surface area contributed by atoms with Gasteiger partial charge in [-0.05, 0) is 0 Å². The topological polar surface area (TPSA) is 17.1 Å². The van der Waals surface area contributed by atoms with Gasteiger partial charge in [-0.25, -0.2) is 0 Å². The molecule has 0 fully saturated rings. The van der Waals surface area contributed by atoms with E-state index in [0.29, 0.717) is 5.78 Å². The molecule has 3 aliphatic rings. The van der Waals surface area contributed by atoms with Gasteiger partial charge in [-0.3, -0.25) is 0 Å². The van der Waals surface area contributed by atoms with Gasteiger partial charge in [0.25, 0.3) is 0 Å². The Balaban J connectivity index is 1.58. The molecule has 5 rings (SSSR count). The van der Waals surface area contributed by atoms with Crippen molar-refractivity contribution in [3.63, 3.8) is 0 Å². The van der Waals surface area contributed by atoms with E-state index in [1.165, 1.54) is 53.3 Å². The molecule has 0 radical (unpaired) electrons. The standard InChI is InChI=1S/C21H20OSe/c22-21-19(23-13-6-2-1-3-7-13)12-18-16-10-4-8-14(16)15-9-5-11-17(15)20(18)21/h1-3,6-7,19H,4-5,8-12H2. The summed E-state index contributed by atoms with van der Waals surface area (Å²) in [4.78, 5) is 13.4. The molecule has 116 valence electrons. The van der Waals surface area contributed by atoms with Crippen LogP contribution in [0.5, 0.6) is 0 Å². The minimum atomic E-state index is 0.233. The Morgan fingerprint density at radius 1 is 0.783 bits per heavy atom. The third kappa shape index (κ3) is 2.08. The number of hydrogen-bond donors (Lipinski definition) is 0. The van der Waals surface area contributed by atoms with E-state index in [1.54, 1.807) is 16.7 Å². The molecule has 2 heteroatoms. The summed E-state index contributed by atoms with van der Waals surface area (Å²) in [6, 6.07) is 10.6. The number of carbonyl (C=O) groups excluding carboxylic acids is 1. The molecule has 0 bridgehead atoms. The first-order chi connectivity index (χ1) is 11.3. The molecule has 3 aliphatic carbocycles. The van der Waals surface area contributed by atoms with Crippen molar-refractivity contribution in [2.45, 2.75) is 49.8 Å². The molecule has 0 spiro atoms. The van der Waals surface area contributed by atoms with E-state index in [0.717, 1.165) is 12.8 Å². The summed E-state index contributed by atoms with van der Waals surface area (Å²) in [5.74, 6) is 0.469. The minimum absolute atomic E-state index is 0.233. The summed E-state index contributed by atoms with van der Waals surface area (Å²) < 4.78 is 1.36. The molecule has 0 heterocycles. The molecular formula is C21H20OSe. The van der Waals surface area contributed by atoms with E-state index in [-0.39, 0.29) is 19.8 Å². The third-order valence-corrected chi connectivity index (χ3v) is 8.26. The van der Waals surface area contributed by atoms with Crippen molar-refractivity contribution in [2.75, 3.05) is 0 Å². The van der Waals surface area contributed by atoms with Crippen LogP contribution >= 0.6 is 0 Å². The molecule has 2 aromatic rings. The van der Waals surface area contributed by atoms with E-state index < -0.39 is 0 Å². The average Bonchev–Trinajstić information content (AvgIpc) is 3.27. The molecule has 2 aromatic carbocycles. The first-order valence-electron chi connectivity index (χ1n) is 8.77. The maximum atomic E-state index is 13.2. The first-order valence-corrected chi connectivity index (χ1v) is 10.6. The molecule has 0 aliphatic heterocycles. The second-order valence-corrected chi connectivity index (χ2v) is 9.64. The van der Waals surface area contributed by atoms with E-state index in [2.05, 4.69) is 30.3 Å². The number of rotatable bonds is 2. The van der Waals surface area contributed by atoms with Gasteiger partial charge >= 0.3 is 143 Å². The van der Waals surface area contributed by atoms with Crippen molar-refractivity contribution in [1.29, 1.82) is 0 Å². The van der Waals surface area contributed by atoms with Gasteiger partial charge in [-0.1, -0.05) is 0 Å². The van der Waals surface area contributed by atoms with Gasteiger partial charge < -0.3 is 0 Å². The van der Waals surface area contributed by atoms with Crippen molar-refractivity contribution in [3.05, 3.63) is 63.7 Å². The van der Waals surface area contributed by atoms with Gasteiger partial charge in [0.05, 0.1) is 0 Å². The summed E-state index contributed by atoms with van der Waals surface area (Å²) in [5, 5.41) is 0. The van der Waals surface area contributed by atoms with Gasteiger partial charge in [0.15, 0.2) is 0 Å². The van der Waals surface area contributed by atoms with E-state index >= 15 is 0 Å². The molecule has 1 atom stereocenters. The number of Topliss-reactive ketones (excluding diaryl/α,β-unsaturated/α-hetero) is 1. The molecule has 0 amide bonds. The summed E-state index contributed by atoms with van der Waals surface area (Å²) >= 11 is 0.258. The Hall–Kier alpha value is -1.37. The monoisotopic (exact) mass is 368 g/mol. The molecule has 23 heavy (non-hydrogen) atoms. The van der Waals surface area contributed by atoms with Gasteiger partial charge in [0, 0.05) is 0 Å². The second kappa shape index (κ2) is 5.33. The molecule has 0 saturated carbocycles. The van der Waals surface area contributed by atoms with Crippen LogP contribution in [0, 0.1) is 0 Å². The van der Waals surface area contributed by atoms with Crippen LogP contribution in [0.4, 0.5) is 0 Å². The van der Waals surface area contributed by atoms with Crippen LogP contribution in [0.15, 0.2) is 30.3 Å². The van der Waals surface area contributed by atoms with E-state index in [1.807, 2.05) is 0 Å². The van der Waals surface area contributed by atoms with Crippen LogP contribution < -0.4 is 4.46 Å². The fourth-order valence-electron chi connectivity index (χ4n) is 4.82. The number of fused-ring (bicyclic) bond motifs is 6. The van der Waals surface area contributed by atoms with Crippen LogP contribution in [0.1, 0.15) is 51.0 Å². The Morgan fingerprint density at radius 3 is 2.13 bits per heavy atom. The zero-order chi connectivity index (χ0) is 15.4. The molecule has 0 aromatic heterocycles. The van der Waals surface area contributed by atoms with E-state index in [4.69, 9.17) is 0 Å². The number of benzene rings is 2. The molecule has 0 saturated heterocycles. The quantitative estimate of drug-likeness (QED) is 0.745. The van der Waals surface area contributed by atoms with Crippen molar-refractivity contribution >= 4 is 25.2 Å². The van der Waals surface area contributed by atoms with Crippen LogP contribution in [0.3, 0.4) is 0 Å². The zero-order valence-electron chi connectivity index (χ0n) is 13.2. The molecular weight excluding hydrogens is 347 g/mol. The van der Waals surface area contributed by atoms with Crippen molar-refractivity contribution < 1.29 is 4.79 Å². The van der Waals surface area contributed by atoms with Crippen LogP contribution in [0.25, 0.3) is 0 Å². The normalized spacial score (nSPS) is 21.4. The number of ketones is 1. The summed E-state index contributed by atoms with van der Waals surface area (Å²) in [6.45, 7) is 0. The predicted octanol–water partition coefficient (Wildman–Crippen LogP) is 3.22. The Kier molecular flexibility index (Phi) is 3.25. The SMILES string of the molecule is O=C1c2c3c(c4c(c2CC1[Se]c1ccccc1)CCC4)CCC3. The molecule has 1 nitrogen and oxygen atoms in total. The van der Waals surface area contributed by atoms with Gasteiger partial charge in [-0.2, -0.15) is 0 Å². The first kappa shape index (κ1) is 14.0. The fourth-order valence-corrected chi connectivity index (χ4v) is 7.16. The van der Waals surface area contributed by atoms with Crippen molar-refractivity contribution in [2.24, 2.45) is 0 Å². The van der Waals surface area contributed by atoms with Crippen LogP contribution in [-0.4, -0.2) is 20.7 Å². The van der Waals surface area contributed by atoms with Crippen molar-refractivity contribution in [3.8, 4) is 0 Å². The number of hydrogen-bond acceptors (Lipinski definition) is 1. The fraction of sp³-hybridized carbons (Fsp3) is 0.381. The van der Waals surface area contributed by atoms with Crippen molar-refractivity contribution in [1.82, 2.24) is 0 Å². The molecule has 0 N–H and O–H groups in total. The summed E-state index contributed by atoms with van der Waals surface area (Å²) in [7, 11) is 0. The van der Waals surface area contributed by atoms with Crippen LogP contribution in [-0.2, 0) is 32.1 Å². The van der Waals surface area contributed by atoms with Crippen LogP contribution in [0.2, 0.25) is 4.82 Å².